The van der Waals surface area contributed by atoms with Crippen molar-refractivity contribution in [1.29, 1.82) is 0 Å². The van der Waals surface area contributed by atoms with E-state index in [1.54, 1.807) is 24.4 Å². The van der Waals surface area contributed by atoms with Crippen LogP contribution in [0.1, 0.15) is 44.1 Å². The first-order valence-electron chi connectivity index (χ1n) is 9.44. The predicted octanol–water partition coefficient (Wildman–Crippen LogP) is 3.93. The number of nitrogens with two attached hydrogens (primary N) is 1. The molecule has 3 rings (SSSR count). The van der Waals surface area contributed by atoms with Crippen molar-refractivity contribution in [3.63, 3.8) is 0 Å². The number of aromatic nitrogens is 1. The Balaban J connectivity index is 1.50. The summed E-state index contributed by atoms with van der Waals surface area (Å²) in [5.41, 5.74) is 6.79. The lowest BCUT2D eigenvalue weighted by atomic mass is 9.71. The van der Waals surface area contributed by atoms with E-state index < -0.39 is 0 Å². The lowest BCUT2D eigenvalue weighted by Crippen LogP contribution is -2.38. The van der Waals surface area contributed by atoms with E-state index in [9.17, 15) is 9.18 Å². The highest BCUT2D eigenvalue weighted by atomic mass is 19.1. The number of benzene rings is 1. The van der Waals surface area contributed by atoms with E-state index in [1.165, 1.54) is 18.6 Å². The van der Waals surface area contributed by atoms with Gasteiger partial charge in [-0.3, -0.25) is 4.79 Å². The molecule has 0 saturated heterocycles. The molecule has 1 saturated carbocycles. The van der Waals surface area contributed by atoms with Crippen molar-refractivity contribution in [2.45, 2.75) is 45.1 Å². The lowest BCUT2D eigenvalue weighted by molar-refractivity contribution is -0.124. The van der Waals surface area contributed by atoms with Crippen LogP contribution >= 0.6 is 0 Å². The number of pyridine rings is 1. The van der Waals surface area contributed by atoms with Crippen molar-refractivity contribution < 1.29 is 13.9 Å². The van der Waals surface area contributed by atoms with Crippen LogP contribution < -0.4 is 15.8 Å². The second kappa shape index (κ2) is 8.95. The number of carbonyl (C=O) groups is 1. The molecule has 1 aliphatic rings. The summed E-state index contributed by atoms with van der Waals surface area (Å²) >= 11 is 0. The average molecular weight is 371 g/mol. The maximum absolute atomic E-state index is 13.2. The summed E-state index contributed by atoms with van der Waals surface area (Å²) in [5, 5.41) is 2.96. The molecule has 3 N–H and O–H groups in total. The molecule has 0 radical (unpaired) electrons. The Morgan fingerprint density at radius 2 is 2.04 bits per heavy atom. The summed E-state index contributed by atoms with van der Waals surface area (Å²) < 4.78 is 18.7. The zero-order valence-corrected chi connectivity index (χ0v) is 15.4. The van der Waals surface area contributed by atoms with Gasteiger partial charge in [0.1, 0.15) is 11.6 Å². The highest BCUT2D eigenvalue weighted by molar-refractivity contribution is 5.76. The number of rotatable bonds is 7. The normalized spacial score (nSPS) is 15.9. The zero-order valence-electron chi connectivity index (χ0n) is 15.4. The van der Waals surface area contributed by atoms with Crippen LogP contribution in [-0.4, -0.2) is 17.4 Å². The molecule has 5 nitrogen and oxygen atoms in total. The minimum Gasteiger partial charge on any atom is -0.439 e. The fourth-order valence-corrected chi connectivity index (χ4v) is 3.59. The van der Waals surface area contributed by atoms with Crippen LogP contribution in [0.5, 0.6) is 11.6 Å². The molecule has 1 aromatic carbocycles. The highest BCUT2D eigenvalue weighted by Crippen LogP contribution is 2.38. The second-order valence-electron chi connectivity index (χ2n) is 7.28. The van der Waals surface area contributed by atoms with Crippen molar-refractivity contribution in [3.8, 4) is 11.6 Å². The summed E-state index contributed by atoms with van der Waals surface area (Å²) in [4.78, 5) is 16.6. The van der Waals surface area contributed by atoms with E-state index in [0.717, 1.165) is 31.2 Å². The number of ether oxygens (including phenoxy) is 1. The Morgan fingerprint density at radius 1 is 1.22 bits per heavy atom. The van der Waals surface area contributed by atoms with E-state index in [4.69, 9.17) is 10.5 Å². The molecule has 0 bridgehead atoms. The third-order valence-corrected chi connectivity index (χ3v) is 5.19. The molecule has 1 aromatic heterocycles. The Hall–Kier alpha value is -2.47. The van der Waals surface area contributed by atoms with Gasteiger partial charge in [0.05, 0.1) is 0 Å². The molecule has 0 spiro atoms. The Morgan fingerprint density at radius 3 is 2.70 bits per heavy atom. The molecule has 0 unspecified atom stereocenters. The van der Waals surface area contributed by atoms with Gasteiger partial charge >= 0.3 is 0 Å². The minimum atomic E-state index is -0.361. The summed E-state index contributed by atoms with van der Waals surface area (Å²) in [6.45, 7) is 0.973. The number of halogens is 1. The van der Waals surface area contributed by atoms with E-state index in [-0.39, 0.29) is 17.1 Å². The smallest absolute Gasteiger partial charge is 0.220 e. The Kier molecular flexibility index (Phi) is 6.40. The predicted molar refractivity (Wildman–Crippen MR) is 102 cm³/mol. The number of carbonyl (C=O) groups excluding carboxylic acids is 1. The van der Waals surface area contributed by atoms with Gasteiger partial charge in [0.2, 0.25) is 11.8 Å². The van der Waals surface area contributed by atoms with E-state index >= 15 is 0 Å². The molecule has 1 aliphatic carbocycles. The molecule has 0 atom stereocenters. The molecule has 144 valence electrons. The number of nitrogens with one attached hydrogen (secondary N) is 1. The molecular formula is C21H26FN3O2. The van der Waals surface area contributed by atoms with Crippen LogP contribution in [0.2, 0.25) is 0 Å². The van der Waals surface area contributed by atoms with Crippen LogP contribution in [0.25, 0.3) is 0 Å². The minimum absolute atomic E-state index is 0.0300. The lowest BCUT2D eigenvalue weighted by Gasteiger charge is -2.35. The van der Waals surface area contributed by atoms with Crippen molar-refractivity contribution in [3.05, 3.63) is 54.0 Å². The molecule has 1 amide bonds. The number of nitrogens with zero attached hydrogens (tertiary/aromatic N) is 1. The molecule has 0 aliphatic heterocycles. The Bertz CT molecular complexity index is 758. The van der Waals surface area contributed by atoms with E-state index in [2.05, 4.69) is 10.3 Å². The first kappa shape index (κ1) is 19.3. The van der Waals surface area contributed by atoms with Crippen molar-refractivity contribution in [2.24, 2.45) is 11.1 Å². The summed E-state index contributed by atoms with van der Waals surface area (Å²) in [5.74, 6) is 0.436. The van der Waals surface area contributed by atoms with Gasteiger partial charge in [-0.05, 0) is 42.5 Å². The van der Waals surface area contributed by atoms with Crippen LogP contribution in [0.3, 0.4) is 0 Å². The van der Waals surface area contributed by atoms with Gasteiger partial charge < -0.3 is 15.8 Å². The largest absolute Gasteiger partial charge is 0.439 e. The van der Waals surface area contributed by atoms with Gasteiger partial charge in [-0.2, -0.15) is 0 Å². The van der Waals surface area contributed by atoms with Crippen LogP contribution in [0.4, 0.5) is 4.39 Å². The first-order valence-corrected chi connectivity index (χ1v) is 9.44. The average Bonchev–Trinajstić information content (AvgIpc) is 2.68. The Labute approximate surface area is 159 Å². The van der Waals surface area contributed by atoms with E-state index in [1.807, 2.05) is 6.07 Å². The molecule has 1 heterocycles. The third-order valence-electron chi connectivity index (χ3n) is 5.19. The summed E-state index contributed by atoms with van der Waals surface area (Å²) in [7, 11) is 0. The SMILES string of the molecule is NCC1(CC(=O)NCc2ccc(Oc3cccc(F)c3)nc2)CCCCC1. The molecule has 1 fully saturated rings. The highest BCUT2D eigenvalue weighted by Gasteiger charge is 2.32. The molecule has 6 heteroatoms. The van der Waals surface area contributed by atoms with Crippen LogP contribution in [0.15, 0.2) is 42.6 Å². The zero-order chi connectivity index (χ0) is 19.1. The third kappa shape index (κ3) is 5.50. The van der Waals surface area contributed by atoms with Crippen LogP contribution in [-0.2, 0) is 11.3 Å². The number of amides is 1. The summed E-state index contributed by atoms with van der Waals surface area (Å²) in [6, 6.07) is 9.44. The quantitative estimate of drug-likeness (QED) is 0.773. The van der Waals surface area contributed by atoms with Gasteiger partial charge in [-0.25, -0.2) is 9.37 Å². The fourth-order valence-electron chi connectivity index (χ4n) is 3.59. The van der Waals surface area contributed by atoms with Gasteiger partial charge in [-0.15, -0.1) is 0 Å². The molecular weight excluding hydrogens is 345 g/mol. The number of hydrogen-bond acceptors (Lipinski definition) is 4. The standard InChI is InChI=1S/C21H26FN3O2/c22-17-5-4-6-18(11-17)27-20-8-7-16(14-25-20)13-24-19(26)12-21(15-23)9-2-1-3-10-21/h4-8,11,14H,1-3,9-10,12-13,15,23H2,(H,24,26). The monoisotopic (exact) mass is 371 g/mol. The van der Waals surface area contributed by atoms with Gasteiger partial charge in [0.15, 0.2) is 0 Å². The van der Waals surface area contributed by atoms with Crippen molar-refractivity contribution in [1.82, 2.24) is 10.3 Å². The fraction of sp³-hybridized carbons (Fsp3) is 0.429. The molecule has 2 aromatic rings. The maximum atomic E-state index is 13.2. The van der Waals surface area contributed by atoms with Gasteiger partial charge in [-0.1, -0.05) is 31.4 Å². The van der Waals surface area contributed by atoms with E-state index in [0.29, 0.717) is 31.1 Å². The maximum Gasteiger partial charge on any atom is 0.220 e. The van der Waals surface area contributed by atoms with Gasteiger partial charge in [0, 0.05) is 31.3 Å². The van der Waals surface area contributed by atoms with Crippen molar-refractivity contribution in [2.75, 3.05) is 6.54 Å². The topological polar surface area (TPSA) is 77.2 Å². The number of hydrogen-bond donors (Lipinski definition) is 2. The summed E-state index contributed by atoms with van der Waals surface area (Å²) in [6.07, 6.45) is 7.74. The van der Waals surface area contributed by atoms with Crippen molar-refractivity contribution >= 4 is 5.91 Å². The van der Waals surface area contributed by atoms with Gasteiger partial charge in [0.25, 0.3) is 0 Å². The molecule has 27 heavy (non-hydrogen) atoms. The second-order valence-corrected chi connectivity index (χ2v) is 7.28. The first-order chi connectivity index (χ1) is 13.1. The van der Waals surface area contributed by atoms with Crippen LogP contribution in [0, 0.1) is 11.2 Å².